The van der Waals surface area contributed by atoms with Crippen molar-refractivity contribution in [2.24, 2.45) is 5.84 Å². The Labute approximate surface area is 254 Å². The quantitative estimate of drug-likeness (QED) is 0.122. The lowest BCUT2D eigenvalue weighted by Crippen LogP contribution is -2.28. The maximum absolute atomic E-state index is 14.5. The molecule has 0 bridgehead atoms. The Morgan fingerprint density at radius 2 is 1.39 bits per heavy atom. The van der Waals surface area contributed by atoms with E-state index in [-0.39, 0.29) is 33.2 Å². The molecule has 0 fully saturated rings. The highest BCUT2D eigenvalue weighted by atomic mass is 32.1. The number of nitrogens with one attached hydrogen (secondary N) is 1. The first kappa shape index (κ1) is 33.0. The first-order valence-electron chi connectivity index (χ1n) is 13.5. The second-order valence-corrected chi connectivity index (χ2v) is 12.1. The molecule has 16 heteroatoms. The minimum Gasteiger partial charge on any atom is -0.321 e. The van der Waals surface area contributed by atoms with E-state index in [4.69, 9.17) is 5.84 Å². The number of aromatic nitrogens is 4. The molecule has 3 N–H and O–H groups in total. The van der Waals surface area contributed by atoms with Crippen molar-refractivity contribution in [2.75, 3.05) is 5.43 Å². The van der Waals surface area contributed by atoms with Crippen LogP contribution in [-0.2, 0) is 6.18 Å². The van der Waals surface area contributed by atoms with Crippen LogP contribution in [0.15, 0.2) is 44.8 Å². The van der Waals surface area contributed by atoms with E-state index in [1.165, 1.54) is 16.7 Å². The SMILES string of the molecule is CCC(C)n1c(=O)sc2cc(F)c(-n3ncc(C(F)(F)F)c(C)c3=O)cc21.CCC(C)n1c(=O)sc2cc(F)c(NN)cc21. The number of thiazole rings is 2. The number of fused-ring (bicyclic) bond motifs is 2. The van der Waals surface area contributed by atoms with Gasteiger partial charge in [-0.05, 0) is 57.9 Å². The third-order valence-corrected chi connectivity index (χ3v) is 9.19. The predicted octanol–water partition coefficient (Wildman–Crippen LogP) is 6.50. The summed E-state index contributed by atoms with van der Waals surface area (Å²) in [6.07, 6.45) is -2.75. The number of hydrogen-bond donors (Lipinski definition) is 2. The Bertz CT molecular complexity index is 2030. The van der Waals surface area contributed by atoms with Gasteiger partial charge in [-0.15, -0.1) is 0 Å². The predicted molar refractivity (Wildman–Crippen MR) is 163 cm³/mol. The van der Waals surface area contributed by atoms with Crippen LogP contribution in [-0.4, -0.2) is 18.9 Å². The van der Waals surface area contributed by atoms with E-state index in [1.54, 1.807) is 10.6 Å². The Balaban J connectivity index is 0.000000223. The fourth-order valence-corrected chi connectivity index (χ4v) is 6.55. The number of rotatable bonds is 6. The number of benzene rings is 2. The van der Waals surface area contributed by atoms with E-state index in [1.807, 2.05) is 27.7 Å². The molecule has 5 aromatic rings. The van der Waals surface area contributed by atoms with Crippen LogP contribution in [0.1, 0.15) is 63.7 Å². The molecule has 3 aromatic heterocycles. The van der Waals surface area contributed by atoms with Gasteiger partial charge < -0.3 is 5.43 Å². The molecule has 0 radical (unpaired) electrons. The molecule has 44 heavy (non-hydrogen) atoms. The molecule has 5 rings (SSSR count). The summed E-state index contributed by atoms with van der Waals surface area (Å²) < 4.78 is 71.6. The van der Waals surface area contributed by atoms with Crippen molar-refractivity contribution in [3.05, 3.63) is 82.9 Å². The van der Waals surface area contributed by atoms with Crippen LogP contribution >= 0.6 is 22.7 Å². The van der Waals surface area contributed by atoms with E-state index in [9.17, 15) is 36.3 Å². The Kier molecular flexibility index (Phi) is 9.46. The molecule has 9 nitrogen and oxygen atoms in total. The van der Waals surface area contributed by atoms with Gasteiger partial charge in [0.25, 0.3) is 5.56 Å². The molecule has 0 aliphatic carbocycles. The van der Waals surface area contributed by atoms with Crippen LogP contribution < -0.4 is 26.6 Å². The molecule has 0 aliphatic rings. The molecule has 2 unspecified atom stereocenters. The van der Waals surface area contributed by atoms with E-state index < -0.39 is 34.5 Å². The zero-order chi connectivity index (χ0) is 32.7. The molecule has 2 aromatic carbocycles. The van der Waals surface area contributed by atoms with Crippen LogP contribution in [0.25, 0.3) is 26.1 Å². The summed E-state index contributed by atoms with van der Waals surface area (Å²) in [4.78, 5) is 36.1. The number of nitrogens with zero attached hydrogens (tertiary/aromatic N) is 4. The summed E-state index contributed by atoms with van der Waals surface area (Å²) in [5.41, 5.74) is 0.496. The molecule has 0 amide bonds. The normalized spacial score (nSPS) is 13.2. The molecular formula is C28H29F5N6O3S2. The number of alkyl halides is 3. The number of hydrogen-bond acceptors (Lipinski definition) is 8. The zero-order valence-electron chi connectivity index (χ0n) is 24.3. The monoisotopic (exact) mass is 656 g/mol. The van der Waals surface area contributed by atoms with Crippen LogP contribution in [0.2, 0.25) is 0 Å². The van der Waals surface area contributed by atoms with E-state index in [0.29, 0.717) is 32.2 Å². The van der Waals surface area contributed by atoms with Crippen molar-refractivity contribution >= 4 is 48.8 Å². The van der Waals surface area contributed by atoms with E-state index in [2.05, 4.69) is 10.5 Å². The van der Waals surface area contributed by atoms with Crippen LogP contribution in [0.4, 0.5) is 27.6 Å². The maximum atomic E-state index is 14.5. The Morgan fingerprint density at radius 1 is 0.886 bits per heavy atom. The van der Waals surface area contributed by atoms with Gasteiger partial charge >= 0.3 is 15.9 Å². The van der Waals surface area contributed by atoms with Gasteiger partial charge in [0.15, 0.2) is 5.82 Å². The van der Waals surface area contributed by atoms with Crippen LogP contribution in [0.3, 0.4) is 0 Å². The van der Waals surface area contributed by atoms with Gasteiger partial charge in [0, 0.05) is 17.6 Å². The number of anilines is 1. The maximum Gasteiger partial charge on any atom is 0.418 e. The average molecular weight is 657 g/mol. The van der Waals surface area contributed by atoms with Crippen LogP contribution in [0, 0.1) is 18.6 Å². The summed E-state index contributed by atoms with van der Waals surface area (Å²) in [6, 6.07) is 5.22. The molecule has 3 heterocycles. The zero-order valence-corrected chi connectivity index (χ0v) is 25.9. The molecule has 0 saturated carbocycles. The first-order valence-corrected chi connectivity index (χ1v) is 15.1. The molecule has 0 spiro atoms. The fraction of sp³-hybridized carbons (Fsp3) is 0.357. The largest absolute Gasteiger partial charge is 0.418 e. The van der Waals surface area contributed by atoms with Gasteiger partial charge in [-0.2, -0.15) is 23.0 Å². The molecule has 2 atom stereocenters. The van der Waals surface area contributed by atoms with Crippen molar-refractivity contribution in [1.82, 2.24) is 18.9 Å². The summed E-state index contributed by atoms with van der Waals surface area (Å²) in [6.45, 7) is 8.69. The number of nitrogen functional groups attached to an aromatic ring is 1. The fourth-order valence-electron chi connectivity index (χ4n) is 4.57. The average Bonchev–Trinajstić information content (AvgIpc) is 3.45. The molecular weight excluding hydrogens is 627 g/mol. The lowest BCUT2D eigenvalue weighted by Gasteiger charge is -2.14. The van der Waals surface area contributed by atoms with E-state index in [0.717, 1.165) is 47.6 Å². The van der Waals surface area contributed by atoms with Crippen molar-refractivity contribution in [3.8, 4) is 5.69 Å². The van der Waals surface area contributed by atoms with Crippen molar-refractivity contribution in [3.63, 3.8) is 0 Å². The van der Waals surface area contributed by atoms with Crippen molar-refractivity contribution < 1.29 is 22.0 Å². The molecule has 0 aliphatic heterocycles. The number of halogens is 5. The van der Waals surface area contributed by atoms with Gasteiger partial charge in [0.05, 0.1) is 37.9 Å². The minimum atomic E-state index is -4.73. The molecule has 0 saturated heterocycles. The van der Waals surface area contributed by atoms with Gasteiger partial charge in [-0.3, -0.25) is 29.4 Å². The third-order valence-electron chi connectivity index (χ3n) is 7.36. The van der Waals surface area contributed by atoms with Crippen LogP contribution in [0.5, 0.6) is 0 Å². The van der Waals surface area contributed by atoms with Crippen molar-refractivity contribution in [1.29, 1.82) is 0 Å². The third kappa shape index (κ3) is 6.05. The first-order chi connectivity index (χ1) is 20.6. The summed E-state index contributed by atoms with van der Waals surface area (Å²) in [7, 11) is 0. The number of nitrogens with two attached hydrogens (primary N) is 1. The lowest BCUT2D eigenvalue weighted by atomic mass is 10.2. The van der Waals surface area contributed by atoms with Gasteiger partial charge in [0.2, 0.25) is 0 Å². The van der Waals surface area contributed by atoms with E-state index >= 15 is 0 Å². The Morgan fingerprint density at radius 3 is 1.86 bits per heavy atom. The second-order valence-electron chi connectivity index (χ2n) is 10.1. The molecule has 236 valence electrons. The topological polar surface area (TPSA) is 117 Å². The highest BCUT2D eigenvalue weighted by Crippen LogP contribution is 2.31. The van der Waals surface area contributed by atoms with Gasteiger partial charge in [-0.1, -0.05) is 36.5 Å². The summed E-state index contributed by atoms with van der Waals surface area (Å²) >= 11 is 1.92. The minimum absolute atomic E-state index is 0.0667. The summed E-state index contributed by atoms with van der Waals surface area (Å²) in [5, 5.41) is 3.51. The standard InChI is InChI=1S/C17H15F4N3O2S.C11H14FN3OS/c1-4-8(2)23-13-6-12(11(18)5-14(13)27-16(23)26)24-15(25)9(3)10(7-22-24)17(19,20)21;1-3-6(2)15-9-5-8(14-13)7(12)4-10(9)17-11(15)16/h5-8H,4H2,1-3H3;4-6,14H,3,13H2,1-2H3. The number of hydrazine groups is 1. The smallest absolute Gasteiger partial charge is 0.321 e. The highest BCUT2D eigenvalue weighted by Gasteiger charge is 2.34. The lowest BCUT2D eigenvalue weighted by molar-refractivity contribution is -0.138. The Hall–Kier alpha value is -3.89. The van der Waals surface area contributed by atoms with Gasteiger partial charge in [-0.25, -0.2) is 8.78 Å². The second kappa shape index (κ2) is 12.6. The highest BCUT2D eigenvalue weighted by molar-refractivity contribution is 7.16. The van der Waals surface area contributed by atoms with Crippen molar-refractivity contribution in [2.45, 2.75) is 65.7 Å². The summed E-state index contributed by atoms with van der Waals surface area (Å²) in [5.74, 6) is 3.93. The van der Waals surface area contributed by atoms with Gasteiger partial charge in [0.1, 0.15) is 11.5 Å².